The van der Waals surface area contributed by atoms with Crippen molar-refractivity contribution < 1.29 is 4.74 Å². The highest BCUT2D eigenvalue weighted by molar-refractivity contribution is 5.11. The smallest absolute Gasteiger partial charge is 0.0946 e. The van der Waals surface area contributed by atoms with Crippen LogP contribution >= 0.6 is 0 Å². The molecule has 0 saturated carbocycles. The molecule has 3 heterocycles. The molecule has 1 saturated heterocycles. The van der Waals surface area contributed by atoms with E-state index in [0.29, 0.717) is 0 Å². The molecule has 0 bridgehead atoms. The average Bonchev–Trinajstić information content (AvgIpc) is 3.21. The van der Waals surface area contributed by atoms with Crippen LogP contribution in [0.1, 0.15) is 37.2 Å². The van der Waals surface area contributed by atoms with Gasteiger partial charge in [-0.25, -0.2) is 4.98 Å². The van der Waals surface area contributed by atoms with E-state index >= 15 is 0 Å². The first kappa shape index (κ1) is 17.1. The van der Waals surface area contributed by atoms with Crippen LogP contribution in [0.2, 0.25) is 0 Å². The Kier molecular flexibility index (Phi) is 5.33. The number of morpholine rings is 1. The Bertz CT molecular complexity index is 651. The molecule has 7 heteroatoms. The van der Waals surface area contributed by atoms with Crippen LogP contribution in [0.25, 0.3) is 0 Å². The van der Waals surface area contributed by atoms with Crippen molar-refractivity contribution in [3.05, 3.63) is 36.2 Å². The third-order valence-electron chi connectivity index (χ3n) is 4.86. The summed E-state index contributed by atoms with van der Waals surface area (Å²) in [7, 11) is 4.19. The lowest BCUT2D eigenvalue weighted by Gasteiger charge is -2.39. The molecule has 3 atom stereocenters. The number of hydrogen-bond acceptors (Lipinski definition) is 5. The van der Waals surface area contributed by atoms with Gasteiger partial charge in [-0.05, 0) is 20.9 Å². The summed E-state index contributed by atoms with van der Waals surface area (Å²) < 4.78 is 10.1. The van der Waals surface area contributed by atoms with Crippen molar-refractivity contribution in [2.75, 3.05) is 26.7 Å². The second-order valence-electron chi connectivity index (χ2n) is 6.52. The van der Waals surface area contributed by atoms with Gasteiger partial charge in [0, 0.05) is 50.7 Å². The first-order chi connectivity index (χ1) is 11.6. The van der Waals surface area contributed by atoms with Crippen LogP contribution in [-0.4, -0.2) is 57.1 Å². The molecule has 24 heavy (non-hydrogen) atoms. The zero-order valence-electron chi connectivity index (χ0n) is 15.0. The fourth-order valence-electron chi connectivity index (χ4n) is 3.29. The highest BCUT2D eigenvalue weighted by Crippen LogP contribution is 2.28. The highest BCUT2D eigenvalue weighted by Gasteiger charge is 2.33. The molecule has 1 aliphatic heterocycles. The molecule has 132 valence electrons. The van der Waals surface area contributed by atoms with E-state index in [0.717, 1.165) is 26.2 Å². The van der Waals surface area contributed by atoms with Crippen molar-refractivity contribution in [2.24, 2.45) is 7.05 Å². The van der Waals surface area contributed by atoms with E-state index in [1.807, 2.05) is 30.5 Å². The Labute approximate surface area is 143 Å². The van der Waals surface area contributed by atoms with E-state index in [1.165, 1.54) is 11.3 Å². The van der Waals surface area contributed by atoms with Crippen molar-refractivity contribution in [2.45, 2.75) is 38.6 Å². The largest absolute Gasteiger partial charge is 0.374 e. The Morgan fingerprint density at radius 3 is 2.88 bits per heavy atom. The number of rotatable bonds is 6. The normalized spacial score (nSPS) is 23.5. The van der Waals surface area contributed by atoms with Crippen LogP contribution in [0, 0.1) is 0 Å². The fourth-order valence-corrected chi connectivity index (χ4v) is 3.29. The third kappa shape index (κ3) is 3.53. The first-order valence-corrected chi connectivity index (χ1v) is 8.64. The standard InChI is InChI=1S/C17H28N6O/c1-5-23-11-14(8-20-23)13(2)19-10-16-17(21(3)6-7-24-16)15-9-18-12-22(15)4/h8-9,11-13,16-17,19H,5-7,10H2,1-4H3/t13?,16-,17-/m0/s1. The quantitative estimate of drug-likeness (QED) is 0.865. The monoisotopic (exact) mass is 332 g/mol. The van der Waals surface area contributed by atoms with Gasteiger partial charge >= 0.3 is 0 Å². The van der Waals surface area contributed by atoms with E-state index < -0.39 is 0 Å². The summed E-state index contributed by atoms with van der Waals surface area (Å²) in [6.07, 6.45) is 7.93. The minimum atomic E-state index is 0.0998. The Morgan fingerprint density at radius 1 is 1.38 bits per heavy atom. The summed E-state index contributed by atoms with van der Waals surface area (Å²) in [6.45, 7) is 7.65. The lowest BCUT2D eigenvalue weighted by Crippen LogP contribution is -2.48. The van der Waals surface area contributed by atoms with Gasteiger partial charge in [0.05, 0.1) is 37.0 Å². The Balaban J connectivity index is 1.66. The topological polar surface area (TPSA) is 60.1 Å². The van der Waals surface area contributed by atoms with Gasteiger partial charge in [-0.2, -0.15) is 5.10 Å². The third-order valence-corrected chi connectivity index (χ3v) is 4.86. The second-order valence-corrected chi connectivity index (χ2v) is 6.52. The molecule has 1 N–H and O–H groups in total. The predicted molar refractivity (Wildman–Crippen MR) is 92.6 cm³/mol. The van der Waals surface area contributed by atoms with Gasteiger partial charge in [0.25, 0.3) is 0 Å². The minimum absolute atomic E-state index is 0.0998. The number of nitrogens with one attached hydrogen (secondary N) is 1. The molecule has 7 nitrogen and oxygen atoms in total. The van der Waals surface area contributed by atoms with Crippen molar-refractivity contribution >= 4 is 0 Å². The van der Waals surface area contributed by atoms with Crippen LogP contribution in [0.3, 0.4) is 0 Å². The van der Waals surface area contributed by atoms with Gasteiger partial charge in [-0.1, -0.05) is 0 Å². The number of ether oxygens (including phenoxy) is 1. The van der Waals surface area contributed by atoms with Gasteiger partial charge in [0.15, 0.2) is 0 Å². The van der Waals surface area contributed by atoms with Crippen molar-refractivity contribution in [1.82, 2.24) is 29.5 Å². The molecule has 1 fully saturated rings. The van der Waals surface area contributed by atoms with Crippen LogP contribution < -0.4 is 5.32 Å². The number of imidazole rings is 1. The minimum Gasteiger partial charge on any atom is -0.374 e. The maximum Gasteiger partial charge on any atom is 0.0946 e. The molecule has 3 rings (SSSR count). The molecule has 2 aromatic heterocycles. The summed E-state index contributed by atoms with van der Waals surface area (Å²) in [5, 5.41) is 7.96. The Morgan fingerprint density at radius 2 is 2.21 bits per heavy atom. The summed E-state index contributed by atoms with van der Waals surface area (Å²) >= 11 is 0. The maximum absolute atomic E-state index is 6.09. The number of nitrogens with zero attached hydrogens (tertiary/aromatic N) is 5. The molecule has 2 aromatic rings. The van der Waals surface area contributed by atoms with Crippen molar-refractivity contribution in [1.29, 1.82) is 0 Å². The van der Waals surface area contributed by atoms with E-state index in [4.69, 9.17) is 4.74 Å². The number of hydrogen-bond donors (Lipinski definition) is 1. The van der Waals surface area contributed by atoms with Crippen LogP contribution in [0.5, 0.6) is 0 Å². The summed E-state index contributed by atoms with van der Waals surface area (Å²) in [5.41, 5.74) is 2.40. The van der Waals surface area contributed by atoms with Crippen molar-refractivity contribution in [3.63, 3.8) is 0 Å². The highest BCUT2D eigenvalue weighted by atomic mass is 16.5. The molecule has 0 radical (unpaired) electrons. The van der Waals surface area contributed by atoms with Gasteiger partial charge in [0.1, 0.15) is 0 Å². The number of likely N-dealkylation sites (N-methyl/N-ethyl adjacent to an activating group) is 1. The van der Waals surface area contributed by atoms with E-state index in [-0.39, 0.29) is 18.2 Å². The zero-order valence-corrected chi connectivity index (χ0v) is 15.0. The number of aromatic nitrogens is 4. The van der Waals surface area contributed by atoms with Gasteiger partial charge in [0.2, 0.25) is 0 Å². The molecule has 0 aromatic carbocycles. The van der Waals surface area contributed by atoms with E-state index in [9.17, 15) is 0 Å². The molecular formula is C17H28N6O. The Hall–Kier alpha value is -1.70. The first-order valence-electron chi connectivity index (χ1n) is 8.64. The second kappa shape index (κ2) is 7.46. The molecular weight excluding hydrogens is 304 g/mol. The van der Waals surface area contributed by atoms with E-state index in [1.54, 1.807) is 0 Å². The number of aryl methyl sites for hydroxylation is 2. The molecule has 0 spiro atoms. The fraction of sp³-hybridized carbons (Fsp3) is 0.647. The SMILES string of the molecule is CCn1cc(C(C)NC[C@@H]2OCCN(C)[C@H]2c2cncn2C)cn1. The van der Waals surface area contributed by atoms with Crippen LogP contribution in [-0.2, 0) is 18.3 Å². The summed E-state index contributed by atoms with van der Waals surface area (Å²) in [4.78, 5) is 6.62. The van der Waals surface area contributed by atoms with Gasteiger partial charge in [-0.3, -0.25) is 9.58 Å². The predicted octanol–water partition coefficient (Wildman–Crippen LogP) is 1.36. The summed E-state index contributed by atoms with van der Waals surface area (Å²) in [5.74, 6) is 0. The van der Waals surface area contributed by atoms with E-state index in [2.05, 4.69) is 52.0 Å². The van der Waals surface area contributed by atoms with Crippen LogP contribution in [0.15, 0.2) is 24.9 Å². The lowest BCUT2D eigenvalue weighted by molar-refractivity contribution is -0.0643. The molecule has 0 amide bonds. The van der Waals surface area contributed by atoms with Crippen LogP contribution in [0.4, 0.5) is 0 Å². The maximum atomic E-state index is 6.09. The zero-order chi connectivity index (χ0) is 17.1. The van der Waals surface area contributed by atoms with Gasteiger partial charge < -0.3 is 14.6 Å². The van der Waals surface area contributed by atoms with Gasteiger partial charge in [-0.15, -0.1) is 0 Å². The summed E-state index contributed by atoms with van der Waals surface area (Å²) in [6, 6.07) is 0.456. The molecule has 0 aliphatic carbocycles. The molecule has 1 unspecified atom stereocenters. The van der Waals surface area contributed by atoms with Crippen molar-refractivity contribution in [3.8, 4) is 0 Å². The molecule has 1 aliphatic rings. The average molecular weight is 332 g/mol. The lowest BCUT2D eigenvalue weighted by atomic mass is 10.0.